The molecule has 1 amide bonds. The van der Waals surface area contributed by atoms with Crippen LogP contribution >= 0.6 is 0 Å². The van der Waals surface area contributed by atoms with E-state index in [1.165, 1.54) is 11.1 Å². The van der Waals surface area contributed by atoms with Gasteiger partial charge in [0.25, 0.3) is 0 Å². The number of aryl methyl sites for hydroxylation is 1. The summed E-state index contributed by atoms with van der Waals surface area (Å²) in [6, 6.07) is 8.97. The molecule has 29 heavy (non-hydrogen) atoms. The van der Waals surface area contributed by atoms with Gasteiger partial charge in [0.15, 0.2) is 5.96 Å². The van der Waals surface area contributed by atoms with Crippen molar-refractivity contribution in [2.24, 2.45) is 4.99 Å². The number of carbonyl (C=O) groups excluding carboxylic acids is 1. The molecule has 2 fully saturated rings. The number of rotatable bonds is 7. The summed E-state index contributed by atoms with van der Waals surface area (Å²) in [6.45, 7) is 10.9. The Morgan fingerprint density at radius 2 is 1.79 bits per heavy atom. The van der Waals surface area contributed by atoms with Gasteiger partial charge in [-0.05, 0) is 32.3 Å². The van der Waals surface area contributed by atoms with Crippen LogP contribution in [0.3, 0.4) is 0 Å². The molecule has 0 radical (unpaired) electrons. The van der Waals surface area contributed by atoms with E-state index in [0.717, 1.165) is 65.3 Å². The van der Waals surface area contributed by atoms with Crippen LogP contribution in [-0.4, -0.2) is 80.7 Å². The van der Waals surface area contributed by atoms with E-state index in [2.05, 4.69) is 51.7 Å². The van der Waals surface area contributed by atoms with E-state index >= 15 is 0 Å². The van der Waals surface area contributed by atoms with Crippen molar-refractivity contribution in [3.63, 3.8) is 0 Å². The minimum atomic E-state index is 0.114. The molecule has 7 nitrogen and oxygen atoms in total. The number of nitrogens with zero attached hydrogens (tertiary/aromatic N) is 3. The van der Waals surface area contributed by atoms with Gasteiger partial charge in [-0.2, -0.15) is 0 Å². The zero-order valence-electron chi connectivity index (χ0n) is 17.8. The summed E-state index contributed by atoms with van der Waals surface area (Å²) < 4.78 is 5.54. The average Bonchev–Trinajstić information content (AvgIpc) is 3.29. The number of carbonyl (C=O) groups is 1. The van der Waals surface area contributed by atoms with Crippen molar-refractivity contribution in [1.29, 1.82) is 0 Å². The normalized spacial score (nSPS) is 19.2. The quantitative estimate of drug-likeness (QED) is 0.536. The molecule has 7 heteroatoms. The number of aliphatic imine (C=N–C) groups is 1. The Morgan fingerprint density at radius 3 is 2.45 bits per heavy atom. The number of morpholine rings is 1. The molecule has 2 heterocycles. The van der Waals surface area contributed by atoms with Gasteiger partial charge in [0.1, 0.15) is 6.54 Å². The van der Waals surface area contributed by atoms with Gasteiger partial charge in [-0.25, -0.2) is 4.99 Å². The third-order valence-electron chi connectivity index (χ3n) is 5.59. The van der Waals surface area contributed by atoms with E-state index in [-0.39, 0.29) is 18.5 Å². The molecule has 0 spiro atoms. The van der Waals surface area contributed by atoms with E-state index in [1.54, 1.807) is 0 Å². The summed E-state index contributed by atoms with van der Waals surface area (Å²) in [4.78, 5) is 21.2. The van der Waals surface area contributed by atoms with Gasteiger partial charge in [0.2, 0.25) is 5.91 Å². The highest BCUT2D eigenvalue weighted by Gasteiger charge is 2.23. The molecular formula is C22H35N5O2. The van der Waals surface area contributed by atoms with Gasteiger partial charge < -0.3 is 20.3 Å². The Bertz CT molecular complexity index is 664. The molecule has 1 aromatic rings. The monoisotopic (exact) mass is 401 g/mol. The maximum atomic E-state index is 12.3. The number of likely N-dealkylation sites (tertiary alicyclic amines) is 1. The predicted octanol–water partition coefficient (Wildman–Crippen LogP) is 1.55. The van der Waals surface area contributed by atoms with Gasteiger partial charge in [-0.1, -0.05) is 29.8 Å². The molecule has 0 aromatic heterocycles. The lowest BCUT2D eigenvalue weighted by molar-refractivity contribution is -0.128. The molecule has 160 valence electrons. The first-order valence-corrected chi connectivity index (χ1v) is 10.9. The topological polar surface area (TPSA) is 69.2 Å². The first-order valence-electron chi connectivity index (χ1n) is 10.9. The highest BCUT2D eigenvalue weighted by Crippen LogP contribution is 2.21. The van der Waals surface area contributed by atoms with Crippen molar-refractivity contribution in [3.05, 3.63) is 35.4 Å². The van der Waals surface area contributed by atoms with Gasteiger partial charge in [0, 0.05) is 39.3 Å². The number of ether oxygens (including phenoxy) is 1. The van der Waals surface area contributed by atoms with Crippen LogP contribution in [0, 0.1) is 6.92 Å². The highest BCUT2D eigenvalue weighted by atomic mass is 16.5. The smallest absolute Gasteiger partial charge is 0.244 e. The van der Waals surface area contributed by atoms with Crippen molar-refractivity contribution in [3.8, 4) is 0 Å². The zero-order chi connectivity index (χ0) is 20.5. The van der Waals surface area contributed by atoms with Crippen LogP contribution in [0.5, 0.6) is 0 Å². The van der Waals surface area contributed by atoms with E-state index in [9.17, 15) is 4.79 Å². The average molecular weight is 402 g/mol. The molecule has 1 atom stereocenters. The fraction of sp³-hybridized carbons (Fsp3) is 0.636. The summed E-state index contributed by atoms with van der Waals surface area (Å²) in [6.07, 6.45) is 2.21. The molecule has 2 N–H and O–H groups in total. The SMILES string of the molecule is CCNC(=NCC(=O)N1CCCC1)NCC(c1ccc(C)cc1)N1CCOCC1. The molecule has 2 aliphatic heterocycles. The Hall–Kier alpha value is -2.12. The number of benzene rings is 1. The van der Waals surface area contributed by atoms with E-state index in [4.69, 9.17) is 4.74 Å². The lowest BCUT2D eigenvalue weighted by atomic mass is 10.0. The van der Waals surface area contributed by atoms with Crippen molar-refractivity contribution in [2.75, 3.05) is 59.0 Å². The predicted molar refractivity (Wildman–Crippen MR) is 116 cm³/mol. The summed E-state index contributed by atoms with van der Waals surface area (Å²) in [5.41, 5.74) is 2.55. The third kappa shape index (κ3) is 6.44. The molecule has 1 unspecified atom stereocenters. The zero-order valence-corrected chi connectivity index (χ0v) is 17.8. The summed E-state index contributed by atoms with van der Waals surface area (Å²) in [5.74, 6) is 0.813. The number of hydrogen-bond donors (Lipinski definition) is 2. The van der Waals surface area contributed by atoms with Gasteiger partial charge in [0.05, 0.1) is 19.3 Å². The van der Waals surface area contributed by atoms with Crippen LogP contribution in [0.1, 0.15) is 36.9 Å². The van der Waals surface area contributed by atoms with Crippen molar-refractivity contribution < 1.29 is 9.53 Å². The standard InChI is InChI=1S/C22H35N5O2/c1-3-23-22(25-17-21(28)27-10-4-5-11-27)24-16-20(26-12-14-29-15-13-26)19-8-6-18(2)7-9-19/h6-9,20H,3-5,10-17H2,1-2H3,(H2,23,24,25). The number of amides is 1. The fourth-order valence-corrected chi connectivity index (χ4v) is 3.88. The molecule has 3 rings (SSSR count). The Labute approximate surface area is 174 Å². The Morgan fingerprint density at radius 1 is 1.10 bits per heavy atom. The summed E-state index contributed by atoms with van der Waals surface area (Å²) in [7, 11) is 0. The third-order valence-corrected chi connectivity index (χ3v) is 5.59. The lowest BCUT2D eigenvalue weighted by Crippen LogP contribution is -2.46. The molecule has 1 aromatic carbocycles. The maximum Gasteiger partial charge on any atom is 0.244 e. The molecule has 2 aliphatic rings. The molecular weight excluding hydrogens is 366 g/mol. The van der Waals surface area contributed by atoms with Gasteiger partial charge >= 0.3 is 0 Å². The van der Waals surface area contributed by atoms with Gasteiger partial charge in [-0.3, -0.25) is 9.69 Å². The van der Waals surface area contributed by atoms with Crippen LogP contribution in [-0.2, 0) is 9.53 Å². The van der Waals surface area contributed by atoms with Crippen LogP contribution in [0.2, 0.25) is 0 Å². The van der Waals surface area contributed by atoms with Crippen LogP contribution < -0.4 is 10.6 Å². The van der Waals surface area contributed by atoms with E-state index in [0.29, 0.717) is 5.96 Å². The summed E-state index contributed by atoms with van der Waals surface area (Å²) in [5, 5.41) is 6.74. The number of nitrogens with one attached hydrogen (secondary N) is 2. The second-order valence-electron chi connectivity index (χ2n) is 7.74. The molecule has 0 bridgehead atoms. The number of guanidine groups is 1. The van der Waals surface area contributed by atoms with Crippen molar-refractivity contribution >= 4 is 11.9 Å². The van der Waals surface area contributed by atoms with Crippen molar-refractivity contribution in [1.82, 2.24) is 20.4 Å². The van der Waals surface area contributed by atoms with Crippen LogP contribution in [0.4, 0.5) is 0 Å². The van der Waals surface area contributed by atoms with E-state index in [1.807, 2.05) is 11.8 Å². The minimum absolute atomic E-state index is 0.114. The van der Waals surface area contributed by atoms with E-state index < -0.39 is 0 Å². The van der Waals surface area contributed by atoms with Crippen LogP contribution in [0.25, 0.3) is 0 Å². The number of hydrogen-bond acceptors (Lipinski definition) is 4. The first-order chi connectivity index (χ1) is 14.2. The Balaban J connectivity index is 1.64. The second-order valence-corrected chi connectivity index (χ2v) is 7.74. The second kappa shape index (κ2) is 11.2. The molecule has 0 aliphatic carbocycles. The molecule has 2 saturated heterocycles. The minimum Gasteiger partial charge on any atom is -0.379 e. The van der Waals surface area contributed by atoms with Gasteiger partial charge in [-0.15, -0.1) is 0 Å². The lowest BCUT2D eigenvalue weighted by Gasteiger charge is -2.35. The molecule has 0 saturated carbocycles. The van der Waals surface area contributed by atoms with Crippen molar-refractivity contribution in [2.45, 2.75) is 32.7 Å². The van der Waals surface area contributed by atoms with Crippen LogP contribution in [0.15, 0.2) is 29.3 Å². The highest BCUT2D eigenvalue weighted by molar-refractivity contribution is 5.85. The fourth-order valence-electron chi connectivity index (χ4n) is 3.88. The summed E-state index contributed by atoms with van der Waals surface area (Å²) >= 11 is 0. The first kappa shape index (κ1) is 21.6. The Kier molecular flexibility index (Phi) is 8.31. The maximum absolute atomic E-state index is 12.3. The largest absolute Gasteiger partial charge is 0.379 e.